The zero-order valence-corrected chi connectivity index (χ0v) is 12.1. The first-order chi connectivity index (χ1) is 9.65. The number of piperidine rings is 1. The summed E-state index contributed by atoms with van der Waals surface area (Å²) in [5, 5.41) is 3.03. The Bertz CT molecular complexity index is 495. The van der Waals surface area contributed by atoms with Gasteiger partial charge in [0.25, 0.3) is 0 Å². The van der Waals surface area contributed by atoms with Crippen LogP contribution in [0.15, 0.2) is 16.1 Å². The van der Waals surface area contributed by atoms with Gasteiger partial charge in [-0.3, -0.25) is 14.6 Å². The predicted octanol–water partition coefficient (Wildman–Crippen LogP) is 0.360. The van der Waals surface area contributed by atoms with Gasteiger partial charge in [0.2, 0.25) is 11.8 Å². The van der Waals surface area contributed by atoms with Crippen molar-refractivity contribution in [1.29, 1.82) is 0 Å². The average molecular weight is 294 g/mol. The Kier molecular flexibility index (Phi) is 3.69. The highest BCUT2D eigenvalue weighted by molar-refractivity contribution is 8.16. The van der Waals surface area contributed by atoms with Crippen molar-refractivity contribution in [2.24, 2.45) is 16.6 Å². The molecule has 0 spiro atoms. The number of carbonyl (C=O) groups excluding carboxylic acids is 2. The van der Waals surface area contributed by atoms with E-state index in [0.29, 0.717) is 32.4 Å². The van der Waals surface area contributed by atoms with Crippen molar-refractivity contribution < 1.29 is 9.59 Å². The van der Waals surface area contributed by atoms with E-state index in [1.54, 1.807) is 11.8 Å². The Morgan fingerprint density at radius 3 is 2.80 bits per heavy atom. The molecule has 108 valence electrons. The number of nitrogens with zero attached hydrogens (tertiary/aromatic N) is 3. The normalized spacial score (nSPS) is 22.6. The van der Waals surface area contributed by atoms with E-state index in [1.165, 1.54) is 0 Å². The number of likely N-dealkylation sites (tertiary alicyclic amines) is 1. The number of thioether (sulfide) groups is 1. The highest BCUT2D eigenvalue weighted by atomic mass is 32.2. The molecule has 3 rings (SSSR count). The minimum atomic E-state index is -0.245. The number of aliphatic imine (C=N–C) groups is 1. The summed E-state index contributed by atoms with van der Waals surface area (Å²) in [4.78, 5) is 31.8. The minimum absolute atomic E-state index is 0.0716. The van der Waals surface area contributed by atoms with Crippen LogP contribution in [-0.2, 0) is 9.59 Å². The molecule has 1 fully saturated rings. The van der Waals surface area contributed by atoms with E-state index in [4.69, 9.17) is 5.73 Å². The standard InChI is InChI=1S/C13H18N4O2S/c14-12(19)9-1-4-16(5-2-9)11(18)7-10-8-20-13-15-3-6-17(10)13/h8-9H,1-7H2,(H2,14,19). The third-order valence-electron chi connectivity index (χ3n) is 4.03. The van der Waals surface area contributed by atoms with Crippen LogP contribution >= 0.6 is 11.8 Å². The van der Waals surface area contributed by atoms with Gasteiger partial charge < -0.3 is 15.5 Å². The van der Waals surface area contributed by atoms with E-state index in [1.807, 2.05) is 10.3 Å². The Labute approximate surface area is 122 Å². The number of fused-ring (bicyclic) bond motifs is 1. The number of amidine groups is 1. The molecule has 0 saturated carbocycles. The molecule has 7 heteroatoms. The lowest BCUT2D eigenvalue weighted by Gasteiger charge is -2.31. The molecule has 2 amide bonds. The second-order valence-electron chi connectivity index (χ2n) is 5.28. The maximum atomic E-state index is 12.3. The van der Waals surface area contributed by atoms with E-state index in [-0.39, 0.29) is 17.7 Å². The topological polar surface area (TPSA) is 79.0 Å². The van der Waals surface area contributed by atoms with Crippen molar-refractivity contribution in [3.8, 4) is 0 Å². The second-order valence-corrected chi connectivity index (χ2v) is 6.11. The number of rotatable bonds is 3. The zero-order chi connectivity index (χ0) is 14.1. The van der Waals surface area contributed by atoms with Crippen LogP contribution in [0, 0.1) is 5.92 Å². The van der Waals surface area contributed by atoms with Gasteiger partial charge in [-0.05, 0) is 18.2 Å². The number of amides is 2. The summed E-state index contributed by atoms with van der Waals surface area (Å²) in [7, 11) is 0. The third kappa shape index (κ3) is 2.54. The Hall–Kier alpha value is -1.50. The van der Waals surface area contributed by atoms with Crippen molar-refractivity contribution in [2.75, 3.05) is 26.2 Å². The monoisotopic (exact) mass is 294 g/mol. The van der Waals surface area contributed by atoms with Crippen LogP contribution in [0.1, 0.15) is 19.3 Å². The van der Waals surface area contributed by atoms with Crippen LogP contribution in [-0.4, -0.2) is 53.0 Å². The number of hydrogen-bond acceptors (Lipinski definition) is 5. The number of nitrogens with two attached hydrogens (primary N) is 1. The Balaban J connectivity index is 1.53. The van der Waals surface area contributed by atoms with Gasteiger partial charge in [0, 0.05) is 31.2 Å². The molecule has 0 bridgehead atoms. The van der Waals surface area contributed by atoms with Crippen molar-refractivity contribution in [2.45, 2.75) is 19.3 Å². The summed E-state index contributed by atoms with van der Waals surface area (Å²) >= 11 is 1.60. The predicted molar refractivity (Wildman–Crippen MR) is 77.8 cm³/mol. The van der Waals surface area contributed by atoms with E-state index < -0.39 is 0 Å². The number of hydrogen-bond donors (Lipinski definition) is 1. The highest BCUT2D eigenvalue weighted by Gasteiger charge is 2.30. The molecule has 0 aliphatic carbocycles. The first-order valence-electron chi connectivity index (χ1n) is 6.90. The molecule has 0 aromatic heterocycles. The molecule has 0 aromatic carbocycles. The fourth-order valence-corrected chi connectivity index (χ4v) is 3.75. The van der Waals surface area contributed by atoms with Crippen LogP contribution in [0.25, 0.3) is 0 Å². The highest BCUT2D eigenvalue weighted by Crippen LogP contribution is 2.31. The van der Waals surface area contributed by atoms with Crippen molar-refractivity contribution in [3.63, 3.8) is 0 Å². The van der Waals surface area contributed by atoms with Gasteiger partial charge in [-0.1, -0.05) is 11.8 Å². The molecule has 0 radical (unpaired) electrons. The maximum absolute atomic E-state index is 12.3. The van der Waals surface area contributed by atoms with Gasteiger partial charge in [0.15, 0.2) is 5.17 Å². The maximum Gasteiger partial charge on any atom is 0.228 e. The lowest BCUT2D eigenvalue weighted by Crippen LogP contribution is -2.42. The van der Waals surface area contributed by atoms with E-state index >= 15 is 0 Å². The summed E-state index contributed by atoms with van der Waals surface area (Å²) in [5.41, 5.74) is 6.35. The molecule has 0 atom stereocenters. The molecule has 0 unspecified atom stereocenters. The summed E-state index contributed by atoms with van der Waals surface area (Å²) in [6, 6.07) is 0. The number of primary amides is 1. The van der Waals surface area contributed by atoms with Crippen LogP contribution < -0.4 is 5.73 Å². The lowest BCUT2D eigenvalue weighted by molar-refractivity contribution is -0.134. The Morgan fingerprint density at radius 1 is 1.35 bits per heavy atom. The van der Waals surface area contributed by atoms with E-state index in [2.05, 4.69) is 9.89 Å². The summed E-state index contributed by atoms with van der Waals surface area (Å²) in [6.45, 7) is 2.96. The first kappa shape index (κ1) is 13.5. The van der Waals surface area contributed by atoms with Crippen molar-refractivity contribution in [3.05, 3.63) is 11.1 Å². The zero-order valence-electron chi connectivity index (χ0n) is 11.2. The molecule has 3 aliphatic rings. The summed E-state index contributed by atoms with van der Waals surface area (Å²) < 4.78 is 0. The average Bonchev–Trinajstić information content (AvgIpc) is 3.04. The van der Waals surface area contributed by atoms with Crippen LogP contribution in [0.5, 0.6) is 0 Å². The molecule has 0 aromatic rings. The number of carbonyl (C=O) groups is 2. The SMILES string of the molecule is NC(=O)C1CCN(C(=O)CC2=CSC3=NCCN23)CC1. The van der Waals surface area contributed by atoms with Gasteiger partial charge in [-0.15, -0.1) is 0 Å². The second kappa shape index (κ2) is 5.47. The molecular formula is C13H18N4O2S. The van der Waals surface area contributed by atoms with Crippen LogP contribution in [0.2, 0.25) is 0 Å². The fourth-order valence-electron chi connectivity index (χ4n) is 2.80. The first-order valence-corrected chi connectivity index (χ1v) is 7.78. The quantitative estimate of drug-likeness (QED) is 0.815. The van der Waals surface area contributed by atoms with Crippen LogP contribution in [0.4, 0.5) is 0 Å². The lowest BCUT2D eigenvalue weighted by atomic mass is 9.96. The Morgan fingerprint density at radius 2 is 2.10 bits per heavy atom. The summed E-state index contributed by atoms with van der Waals surface area (Å²) in [5.74, 6) is -0.185. The molecular weight excluding hydrogens is 276 g/mol. The van der Waals surface area contributed by atoms with Gasteiger partial charge in [-0.25, -0.2) is 0 Å². The van der Waals surface area contributed by atoms with Gasteiger partial charge in [0.1, 0.15) is 0 Å². The molecule has 6 nitrogen and oxygen atoms in total. The summed E-state index contributed by atoms with van der Waals surface area (Å²) in [6.07, 6.45) is 1.80. The van der Waals surface area contributed by atoms with Gasteiger partial charge in [-0.2, -0.15) is 0 Å². The smallest absolute Gasteiger partial charge is 0.228 e. The van der Waals surface area contributed by atoms with Crippen LogP contribution in [0.3, 0.4) is 0 Å². The molecule has 2 N–H and O–H groups in total. The fraction of sp³-hybridized carbons (Fsp3) is 0.615. The van der Waals surface area contributed by atoms with Gasteiger partial charge >= 0.3 is 0 Å². The van der Waals surface area contributed by atoms with Gasteiger partial charge in [0.05, 0.1) is 13.0 Å². The molecule has 3 aliphatic heterocycles. The molecule has 1 saturated heterocycles. The molecule has 20 heavy (non-hydrogen) atoms. The van der Waals surface area contributed by atoms with Crippen molar-refractivity contribution >= 4 is 28.7 Å². The molecule has 3 heterocycles. The van der Waals surface area contributed by atoms with E-state index in [0.717, 1.165) is 24.0 Å². The van der Waals surface area contributed by atoms with E-state index in [9.17, 15) is 9.59 Å². The third-order valence-corrected chi connectivity index (χ3v) is 4.98. The largest absolute Gasteiger partial charge is 0.369 e. The minimum Gasteiger partial charge on any atom is -0.369 e. The van der Waals surface area contributed by atoms with Crippen molar-refractivity contribution in [1.82, 2.24) is 9.80 Å².